The molecule has 0 saturated carbocycles. The van der Waals surface area contributed by atoms with Crippen molar-refractivity contribution in [2.45, 2.75) is 32.7 Å². The average molecular weight is 275 g/mol. The van der Waals surface area contributed by atoms with Crippen LogP contribution in [0.3, 0.4) is 0 Å². The van der Waals surface area contributed by atoms with E-state index in [1.54, 1.807) is 30.3 Å². The zero-order valence-corrected chi connectivity index (χ0v) is 11.7. The van der Waals surface area contributed by atoms with Gasteiger partial charge in [-0.2, -0.15) is 0 Å². The van der Waals surface area contributed by atoms with Crippen LogP contribution in [0.15, 0.2) is 40.8 Å². The van der Waals surface area contributed by atoms with Crippen LogP contribution in [0.5, 0.6) is 0 Å². The molecule has 1 aromatic heterocycles. The number of amides is 1. The molecular weight excluding hydrogens is 257 g/mol. The van der Waals surface area contributed by atoms with Gasteiger partial charge < -0.3 is 9.73 Å². The Balaban J connectivity index is 2.17. The average Bonchev–Trinajstić information content (AvgIpc) is 2.94. The molecule has 0 radical (unpaired) electrons. The maximum absolute atomic E-state index is 13.6. The molecule has 2 rings (SSSR count). The molecule has 3 nitrogen and oxygen atoms in total. The molecular formula is C16H18FNO2. The maximum atomic E-state index is 13.6. The number of hydrogen-bond acceptors (Lipinski definition) is 2. The van der Waals surface area contributed by atoms with Gasteiger partial charge in [0, 0.05) is 6.04 Å². The first-order valence-electron chi connectivity index (χ1n) is 6.81. The van der Waals surface area contributed by atoms with Crippen molar-refractivity contribution in [3.05, 3.63) is 48.0 Å². The summed E-state index contributed by atoms with van der Waals surface area (Å²) >= 11 is 0. The minimum absolute atomic E-state index is 0.129. The molecule has 2 aromatic rings. The zero-order chi connectivity index (χ0) is 14.5. The normalized spacial score (nSPS) is 10.8. The van der Waals surface area contributed by atoms with Crippen molar-refractivity contribution in [2.24, 2.45) is 0 Å². The summed E-state index contributed by atoms with van der Waals surface area (Å²) in [7, 11) is 0. The summed E-state index contributed by atoms with van der Waals surface area (Å²) in [6, 6.07) is 9.63. The molecule has 0 aliphatic rings. The number of benzene rings is 1. The Morgan fingerprint density at radius 1 is 1.20 bits per heavy atom. The Labute approximate surface area is 117 Å². The molecule has 0 spiro atoms. The summed E-state index contributed by atoms with van der Waals surface area (Å²) in [6.07, 6.45) is 1.73. The lowest BCUT2D eigenvalue weighted by molar-refractivity contribution is 0.0907. The smallest absolute Gasteiger partial charge is 0.287 e. The van der Waals surface area contributed by atoms with Gasteiger partial charge in [0.05, 0.1) is 5.56 Å². The van der Waals surface area contributed by atoms with Crippen LogP contribution in [-0.2, 0) is 0 Å². The van der Waals surface area contributed by atoms with Gasteiger partial charge in [0.2, 0.25) is 0 Å². The topological polar surface area (TPSA) is 42.2 Å². The van der Waals surface area contributed by atoms with Crippen LogP contribution in [-0.4, -0.2) is 11.9 Å². The second-order valence-electron chi connectivity index (χ2n) is 4.63. The Morgan fingerprint density at radius 2 is 1.90 bits per heavy atom. The third kappa shape index (κ3) is 3.07. The number of rotatable bonds is 5. The van der Waals surface area contributed by atoms with Crippen molar-refractivity contribution in [3.63, 3.8) is 0 Å². The van der Waals surface area contributed by atoms with Crippen LogP contribution in [0.1, 0.15) is 37.2 Å². The summed E-state index contributed by atoms with van der Waals surface area (Å²) in [5.74, 6) is -0.0666. The van der Waals surface area contributed by atoms with Gasteiger partial charge in [-0.15, -0.1) is 0 Å². The van der Waals surface area contributed by atoms with E-state index in [1.807, 2.05) is 13.8 Å². The van der Waals surface area contributed by atoms with Crippen molar-refractivity contribution in [1.82, 2.24) is 5.32 Å². The lowest BCUT2D eigenvalue weighted by Crippen LogP contribution is -2.33. The van der Waals surface area contributed by atoms with Crippen LogP contribution in [0.25, 0.3) is 11.3 Å². The van der Waals surface area contributed by atoms with E-state index in [2.05, 4.69) is 5.32 Å². The van der Waals surface area contributed by atoms with Gasteiger partial charge in [-0.1, -0.05) is 26.0 Å². The van der Waals surface area contributed by atoms with Gasteiger partial charge >= 0.3 is 0 Å². The molecule has 4 heteroatoms. The first-order valence-corrected chi connectivity index (χ1v) is 6.81. The zero-order valence-electron chi connectivity index (χ0n) is 11.7. The van der Waals surface area contributed by atoms with Crippen molar-refractivity contribution in [2.75, 3.05) is 0 Å². The quantitative estimate of drug-likeness (QED) is 0.896. The molecule has 0 atom stereocenters. The fraction of sp³-hybridized carbons (Fsp3) is 0.312. The number of halogens is 1. The van der Waals surface area contributed by atoms with Crippen LogP contribution >= 0.6 is 0 Å². The number of carbonyl (C=O) groups is 1. The number of hydrogen-bond donors (Lipinski definition) is 1. The highest BCUT2D eigenvalue weighted by Gasteiger charge is 2.16. The van der Waals surface area contributed by atoms with E-state index in [9.17, 15) is 9.18 Å². The standard InChI is InChI=1S/C16H18FNO2/c1-3-11(4-2)18-16(19)15-10-9-14(20-15)12-7-5-6-8-13(12)17/h5-11H,3-4H2,1-2H3,(H,18,19). The van der Waals surface area contributed by atoms with Crippen molar-refractivity contribution in [1.29, 1.82) is 0 Å². The second-order valence-corrected chi connectivity index (χ2v) is 4.63. The third-order valence-electron chi connectivity index (χ3n) is 3.29. The summed E-state index contributed by atoms with van der Waals surface area (Å²) in [5.41, 5.74) is 0.356. The number of carbonyl (C=O) groups excluding carboxylic acids is 1. The monoisotopic (exact) mass is 275 g/mol. The lowest BCUT2D eigenvalue weighted by Gasteiger charge is -2.13. The van der Waals surface area contributed by atoms with Crippen molar-refractivity contribution in [3.8, 4) is 11.3 Å². The predicted octanol–water partition coefficient (Wildman–Crippen LogP) is 4.00. The summed E-state index contributed by atoms with van der Waals surface area (Å²) in [4.78, 5) is 12.0. The molecule has 0 unspecified atom stereocenters. The minimum atomic E-state index is -0.367. The highest BCUT2D eigenvalue weighted by atomic mass is 19.1. The Bertz CT molecular complexity index is 588. The molecule has 0 saturated heterocycles. The van der Waals surface area contributed by atoms with Crippen LogP contribution in [0.4, 0.5) is 4.39 Å². The molecule has 1 aromatic carbocycles. The van der Waals surface area contributed by atoms with Crippen molar-refractivity contribution < 1.29 is 13.6 Å². The van der Waals surface area contributed by atoms with Gasteiger partial charge in [0.15, 0.2) is 5.76 Å². The summed E-state index contributed by atoms with van der Waals surface area (Å²) < 4.78 is 19.1. The number of furan rings is 1. The van der Waals surface area contributed by atoms with Crippen molar-refractivity contribution >= 4 is 5.91 Å². The van der Waals surface area contributed by atoms with E-state index in [-0.39, 0.29) is 23.5 Å². The summed E-state index contributed by atoms with van der Waals surface area (Å²) in [6.45, 7) is 4.03. The Hall–Kier alpha value is -2.10. The Morgan fingerprint density at radius 3 is 2.55 bits per heavy atom. The highest BCUT2D eigenvalue weighted by molar-refractivity contribution is 5.92. The van der Waals surface area contributed by atoms with Crippen LogP contribution < -0.4 is 5.32 Å². The van der Waals surface area contributed by atoms with Gasteiger partial charge in [-0.05, 0) is 37.1 Å². The highest BCUT2D eigenvalue weighted by Crippen LogP contribution is 2.24. The van der Waals surface area contributed by atoms with Crippen LogP contribution in [0, 0.1) is 5.82 Å². The van der Waals surface area contributed by atoms with E-state index < -0.39 is 0 Å². The third-order valence-corrected chi connectivity index (χ3v) is 3.29. The molecule has 0 aliphatic carbocycles. The fourth-order valence-electron chi connectivity index (χ4n) is 2.02. The van der Waals surface area contributed by atoms with Gasteiger partial charge in [0.1, 0.15) is 11.6 Å². The minimum Gasteiger partial charge on any atom is -0.451 e. The Kier molecular flexibility index (Phi) is 4.56. The predicted molar refractivity (Wildman–Crippen MR) is 75.9 cm³/mol. The molecule has 20 heavy (non-hydrogen) atoms. The van der Waals surface area contributed by atoms with Gasteiger partial charge in [-0.25, -0.2) is 4.39 Å². The molecule has 0 aliphatic heterocycles. The van der Waals surface area contributed by atoms with E-state index in [1.165, 1.54) is 6.07 Å². The van der Waals surface area contributed by atoms with E-state index in [4.69, 9.17) is 4.42 Å². The SMILES string of the molecule is CCC(CC)NC(=O)c1ccc(-c2ccccc2F)o1. The van der Waals surface area contributed by atoms with E-state index in [0.29, 0.717) is 11.3 Å². The van der Waals surface area contributed by atoms with Gasteiger partial charge in [-0.3, -0.25) is 4.79 Å². The van der Waals surface area contributed by atoms with E-state index >= 15 is 0 Å². The lowest BCUT2D eigenvalue weighted by atomic mass is 10.1. The fourth-order valence-corrected chi connectivity index (χ4v) is 2.02. The largest absolute Gasteiger partial charge is 0.451 e. The van der Waals surface area contributed by atoms with E-state index in [0.717, 1.165) is 12.8 Å². The molecule has 106 valence electrons. The molecule has 0 fully saturated rings. The first-order chi connectivity index (χ1) is 9.65. The number of nitrogens with one attached hydrogen (secondary N) is 1. The molecule has 1 heterocycles. The molecule has 1 amide bonds. The van der Waals surface area contributed by atoms with Crippen LogP contribution in [0.2, 0.25) is 0 Å². The second kappa shape index (κ2) is 6.37. The molecule has 0 bridgehead atoms. The van der Waals surface area contributed by atoms with Gasteiger partial charge in [0.25, 0.3) is 5.91 Å². The first kappa shape index (κ1) is 14.3. The maximum Gasteiger partial charge on any atom is 0.287 e. The summed E-state index contributed by atoms with van der Waals surface area (Å²) in [5, 5.41) is 2.89. The molecule has 1 N–H and O–H groups in total.